The third-order valence-electron chi connectivity index (χ3n) is 2.86. The number of nitrogens with zero attached hydrogens (tertiary/aromatic N) is 4. The lowest BCUT2D eigenvalue weighted by Crippen LogP contribution is -2.16. The first kappa shape index (κ1) is 14.7. The predicted molar refractivity (Wildman–Crippen MR) is 77.0 cm³/mol. The number of hydrogen-bond donors (Lipinski definition) is 1. The highest BCUT2D eigenvalue weighted by Gasteiger charge is 2.17. The summed E-state index contributed by atoms with van der Waals surface area (Å²) in [5, 5.41) is 11.6. The molecule has 1 aromatic heterocycles. The van der Waals surface area contributed by atoms with Gasteiger partial charge in [0.15, 0.2) is 15.7 Å². The second-order valence-corrected chi connectivity index (χ2v) is 7.05. The lowest BCUT2D eigenvalue weighted by atomic mass is 10.1. The lowest BCUT2D eigenvalue weighted by Gasteiger charge is -2.08. The van der Waals surface area contributed by atoms with Crippen molar-refractivity contribution in [2.75, 3.05) is 17.2 Å². The van der Waals surface area contributed by atoms with Crippen molar-refractivity contribution in [2.24, 2.45) is 0 Å². The molecule has 1 aromatic carbocycles. The van der Waals surface area contributed by atoms with Gasteiger partial charge in [-0.1, -0.05) is 24.6 Å². The third-order valence-corrected chi connectivity index (χ3v) is 4.85. The van der Waals surface area contributed by atoms with E-state index in [0.717, 1.165) is 0 Å². The highest BCUT2D eigenvalue weighted by Crippen LogP contribution is 2.31. The van der Waals surface area contributed by atoms with Gasteiger partial charge in [0.25, 0.3) is 0 Å². The summed E-state index contributed by atoms with van der Waals surface area (Å²) in [7, 11) is -3.10. The van der Waals surface area contributed by atoms with Crippen molar-refractivity contribution in [2.45, 2.75) is 13.5 Å². The molecule has 0 aliphatic rings. The molecule has 20 heavy (non-hydrogen) atoms. The van der Waals surface area contributed by atoms with E-state index in [1.54, 1.807) is 25.1 Å². The minimum absolute atomic E-state index is 0.0358. The van der Waals surface area contributed by atoms with Crippen LogP contribution in [0.2, 0.25) is 5.02 Å². The quantitative estimate of drug-likeness (QED) is 0.826. The van der Waals surface area contributed by atoms with Gasteiger partial charge in [0, 0.05) is 11.4 Å². The maximum Gasteiger partial charge on any atom is 0.185 e. The molecule has 1 heterocycles. The van der Waals surface area contributed by atoms with Crippen molar-refractivity contribution in [3.8, 4) is 11.4 Å². The zero-order valence-corrected chi connectivity index (χ0v) is 12.4. The van der Waals surface area contributed by atoms with E-state index in [4.69, 9.17) is 17.3 Å². The topological polar surface area (TPSA) is 104 Å². The van der Waals surface area contributed by atoms with Crippen molar-refractivity contribution in [3.05, 3.63) is 23.2 Å². The van der Waals surface area contributed by atoms with Crippen LogP contribution < -0.4 is 5.73 Å². The van der Waals surface area contributed by atoms with Crippen molar-refractivity contribution >= 4 is 27.1 Å². The number of nitrogens with two attached hydrogens (primary N) is 1. The molecule has 0 amide bonds. The molecular formula is C11H14ClN5O2S. The number of halogens is 1. The Hall–Kier alpha value is -1.67. The lowest BCUT2D eigenvalue weighted by molar-refractivity contribution is 0.577. The minimum atomic E-state index is -3.10. The molecule has 9 heteroatoms. The van der Waals surface area contributed by atoms with Crippen LogP contribution in [-0.2, 0) is 16.4 Å². The Bertz CT molecular complexity index is 693. The van der Waals surface area contributed by atoms with Gasteiger partial charge in [-0.2, -0.15) is 0 Å². The fourth-order valence-corrected chi connectivity index (χ4v) is 2.69. The normalized spacial score (nSPS) is 11.7. The number of hydrogen-bond acceptors (Lipinski definition) is 6. The van der Waals surface area contributed by atoms with E-state index in [0.29, 0.717) is 22.1 Å². The molecule has 0 bridgehead atoms. The van der Waals surface area contributed by atoms with Crippen LogP contribution in [0.25, 0.3) is 11.4 Å². The summed E-state index contributed by atoms with van der Waals surface area (Å²) >= 11 is 6.10. The van der Waals surface area contributed by atoms with E-state index >= 15 is 0 Å². The Morgan fingerprint density at radius 3 is 2.80 bits per heavy atom. The van der Waals surface area contributed by atoms with Gasteiger partial charge in [-0.05, 0) is 22.6 Å². The number of aryl methyl sites for hydroxylation is 1. The molecule has 0 aliphatic carbocycles. The largest absolute Gasteiger partial charge is 0.398 e. The first-order valence-corrected chi connectivity index (χ1v) is 8.15. The monoisotopic (exact) mass is 315 g/mol. The predicted octanol–water partition coefficient (Wildman–Crippen LogP) is 1.01. The highest BCUT2D eigenvalue weighted by molar-refractivity contribution is 7.91. The maximum absolute atomic E-state index is 11.5. The van der Waals surface area contributed by atoms with E-state index in [9.17, 15) is 8.42 Å². The molecule has 0 atom stereocenters. The molecule has 2 rings (SSSR count). The number of benzene rings is 1. The van der Waals surface area contributed by atoms with E-state index in [1.807, 2.05) is 0 Å². The number of rotatable bonds is 5. The van der Waals surface area contributed by atoms with Crippen LogP contribution in [-0.4, -0.2) is 40.1 Å². The molecule has 2 N–H and O–H groups in total. The highest BCUT2D eigenvalue weighted by atomic mass is 35.5. The first-order chi connectivity index (χ1) is 9.44. The molecular weight excluding hydrogens is 302 g/mol. The van der Waals surface area contributed by atoms with Crippen LogP contribution in [0.4, 0.5) is 5.69 Å². The van der Waals surface area contributed by atoms with Crippen LogP contribution in [0.15, 0.2) is 18.2 Å². The van der Waals surface area contributed by atoms with E-state index in [1.165, 1.54) is 4.68 Å². The van der Waals surface area contributed by atoms with Gasteiger partial charge >= 0.3 is 0 Å². The van der Waals surface area contributed by atoms with Crippen LogP contribution in [0.1, 0.15) is 6.92 Å². The van der Waals surface area contributed by atoms with Crippen molar-refractivity contribution in [3.63, 3.8) is 0 Å². The van der Waals surface area contributed by atoms with Gasteiger partial charge in [0.05, 0.1) is 22.9 Å². The summed E-state index contributed by atoms with van der Waals surface area (Å²) in [6, 6.07) is 5.08. The molecule has 0 aliphatic heterocycles. The molecule has 0 spiro atoms. The summed E-state index contributed by atoms with van der Waals surface area (Å²) < 4.78 is 24.5. The van der Waals surface area contributed by atoms with E-state index in [2.05, 4.69) is 15.5 Å². The Balaban J connectivity index is 2.34. The Morgan fingerprint density at radius 2 is 2.15 bits per heavy atom. The zero-order chi connectivity index (χ0) is 14.8. The first-order valence-electron chi connectivity index (χ1n) is 5.95. The van der Waals surface area contributed by atoms with Crippen molar-refractivity contribution in [1.82, 2.24) is 20.2 Å². The SMILES string of the molecule is CCS(=O)(=O)CCn1nnnc1-c1c(N)cccc1Cl. The fraction of sp³-hybridized carbons (Fsp3) is 0.364. The van der Waals surface area contributed by atoms with Crippen LogP contribution >= 0.6 is 11.6 Å². The summed E-state index contributed by atoms with van der Waals surface area (Å²) in [6.07, 6.45) is 0. The number of nitrogen functional groups attached to an aromatic ring is 1. The Kier molecular flexibility index (Phi) is 4.24. The molecule has 0 saturated heterocycles. The summed E-state index contributed by atoms with van der Waals surface area (Å²) in [5.41, 5.74) is 6.82. The zero-order valence-electron chi connectivity index (χ0n) is 10.8. The second kappa shape index (κ2) is 5.76. The van der Waals surface area contributed by atoms with Crippen molar-refractivity contribution in [1.29, 1.82) is 0 Å². The fourth-order valence-electron chi connectivity index (χ4n) is 1.68. The van der Waals surface area contributed by atoms with E-state index < -0.39 is 9.84 Å². The number of aromatic nitrogens is 4. The van der Waals surface area contributed by atoms with Gasteiger partial charge in [0.2, 0.25) is 0 Å². The van der Waals surface area contributed by atoms with E-state index in [-0.39, 0.29) is 18.1 Å². The second-order valence-electron chi connectivity index (χ2n) is 4.17. The average Bonchev–Trinajstić information content (AvgIpc) is 2.85. The summed E-state index contributed by atoms with van der Waals surface area (Å²) in [6.45, 7) is 1.76. The van der Waals surface area contributed by atoms with Crippen LogP contribution in [0, 0.1) is 0 Å². The molecule has 0 radical (unpaired) electrons. The molecule has 108 valence electrons. The molecule has 0 fully saturated rings. The minimum Gasteiger partial charge on any atom is -0.398 e. The van der Waals surface area contributed by atoms with Crippen LogP contribution in [0.5, 0.6) is 0 Å². The van der Waals surface area contributed by atoms with Gasteiger partial charge in [-0.15, -0.1) is 5.10 Å². The third kappa shape index (κ3) is 3.07. The molecule has 2 aromatic rings. The van der Waals surface area contributed by atoms with Gasteiger partial charge < -0.3 is 5.73 Å². The number of anilines is 1. The van der Waals surface area contributed by atoms with Crippen molar-refractivity contribution < 1.29 is 8.42 Å². The maximum atomic E-state index is 11.5. The smallest absolute Gasteiger partial charge is 0.185 e. The molecule has 0 unspecified atom stereocenters. The van der Waals surface area contributed by atoms with Crippen LogP contribution in [0.3, 0.4) is 0 Å². The van der Waals surface area contributed by atoms with Gasteiger partial charge in [0.1, 0.15) is 0 Å². The molecule has 7 nitrogen and oxygen atoms in total. The number of sulfone groups is 1. The van der Waals surface area contributed by atoms with Gasteiger partial charge in [-0.25, -0.2) is 13.1 Å². The number of tetrazole rings is 1. The average molecular weight is 316 g/mol. The Morgan fingerprint density at radius 1 is 1.40 bits per heavy atom. The standard InChI is InChI=1S/C11H14ClN5O2S/c1-2-20(18,19)7-6-17-11(14-15-16-17)10-8(12)4-3-5-9(10)13/h3-5H,2,6-7,13H2,1H3. The summed E-state index contributed by atoms with van der Waals surface area (Å²) in [5.74, 6) is 0.407. The molecule has 0 saturated carbocycles. The Labute approximate surface area is 121 Å². The van der Waals surface area contributed by atoms with Gasteiger partial charge in [-0.3, -0.25) is 0 Å². The summed E-state index contributed by atoms with van der Waals surface area (Å²) in [4.78, 5) is 0.